The average molecular weight is 414 g/mol. The lowest BCUT2D eigenvalue weighted by Crippen LogP contribution is -2.32. The Morgan fingerprint density at radius 2 is 1.82 bits per heavy atom. The predicted octanol–water partition coefficient (Wildman–Crippen LogP) is 4.34. The van der Waals surface area contributed by atoms with Crippen LogP contribution in [-0.4, -0.2) is 20.4 Å². The Labute approximate surface area is 162 Å². The maximum absolute atomic E-state index is 12.8. The summed E-state index contributed by atoms with van der Waals surface area (Å²) < 4.78 is 65.8. The zero-order valence-corrected chi connectivity index (χ0v) is 16.4. The number of carbonyl (C=O) groups excluding carboxylic acids is 1. The van der Waals surface area contributed by atoms with Crippen molar-refractivity contribution in [2.75, 3.05) is 5.32 Å². The van der Waals surface area contributed by atoms with Gasteiger partial charge in [-0.1, -0.05) is 19.1 Å². The molecule has 0 aliphatic carbocycles. The van der Waals surface area contributed by atoms with Crippen LogP contribution in [0.4, 0.5) is 18.9 Å². The second-order valence-corrected chi connectivity index (χ2v) is 8.15. The van der Waals surface area contributed by atoms with Crippen molar-refractivity contribution in [2.45, 2.75) is 44.3 Å². The van der Waals surface area contributed by atoms with Gasteiger partial charge in [0, 0.05) is 17.3 Å². The van der Waals surface area contributed by atoms with Crippen LogP contribution in [0.1, 0.15) is 41.8 Å². The summed E-state index contributed by atoms with van der Waals surface area (Å²) in [7, 11) is -3.82. The number of halogens is 3. The molecule has 0 fully saturated rings. The summed E-state index contributed by atoms with van der Waals surface area (Å²) in [6.07, 6.45) is -3.94. The van der Waals surface area contributed by atoms with Crippen molar-refractivity contribution < 1.29 is 26.4 Å². The van der Waals surface area contributed by atoms with Gasteiger partial charge in [-0.2, -0.15) is 13.2 Å². The van der Waals surface area contributed by atoms with Crippen LogP contribution < -0.4 is 10.0 Å². The summed E-state index contributed by atoms with van der Waals surface area (Å²) in [5.74, 6) is -0.697. The Morgan fingerprint density at radius 3 is 2.43 bits per heavy atom. The Balaban J connectivity index is 2.32. The van der Waals surface area contributed by atoms with Gasteiger partial charge in [-0.15, -0.1) is 0 Å². The number of hydrogen-bond acceptors (Lipinski definition) is 3. The molecule has 0 aliphatic heterocycles. The lowest BCUT2D eigenvalue weighted by molar-refractivity contribution is -0.137. The Bertz CT molecular complexity index is 973. The number of anilines is 1. The summed E-state index contributed by atoms with van der Waals surface area (Å²) in [5.41, 5.74) is -0.377. The van der Waals surface area contributed by atoms with Crippen molar-refractivity contribution in [3.63, 3.8) is 0 Å². The molecule has 0 aromatic heterocycles. The first kappa shape index (κ1) is 21.9. The molecule has 0 heterocycles. The minimum atomic E-state index is -4.54. The molecule has 0 radical (unpaired) electrons. The van der Waals surface area contributed by atoms with Gasteiger partial charge in [0.15, 0.2) is 0 Å². The highest BCUT2D eigenvalue weighted by atomic mass is 32.2. The number of benzene rings is 2. The first-order valence-electron chi connectivity index (χ1n) is 8.55. The van der Waals surface area contributed by atoms with Gasteiger partial charge in [-0.05, 0) is 56.2 Å². The minimum Gasteiger partial charge on any atom is -0.322 e. The van der Waals surface area contributed by atoms with Gasteiger partial charge in [0.1, 0.15) is 0 Å². The molecule has 2 rings (SSSR count). The number of aryl methyl sites for hydroxylation is 1. The fraction of sp³-hybridized carbons (Fsp3) is 0.316. The van der Waals surface area contributed by atoms with Crippen LogP contribution in [-0.2, 0) is 16.2 Å². The maximum Gasteiger partial charge on any atom is 0.416 e. The summed E-state index contributed by atoms with van der Waals surface area (Å²) >= 11 is 0. The van der Waals surface area contributed by atoms with Crippen LogP contribution in [0.3, 0.4) is 0 Å². The van der Waals surface area contributed by atoms with E-state index in [2.05, 4.69) is 10.0 Å². The third-order valence-corrected chi connectivity index (χ3v) is 5.77. The quantitative estimate of drug-likeness (QED) is 0.738. The molecule has 28 heavy (non-hydrogen) atoms. The standard InChI is InChI=1S/C19H21F3N2O3S/c1-4-13(3)24-28(26,27)16-9-8-12(2)17(11-16)18(25)23-15-7-5-6-14(10-15)19(20,21)22/h5-11,13,24H,4H2,1-3H3,(H,23,25)/t13-/m0/s1. The highest BCUT2D eigenvalue weighted by molar-refractivity contribution is 7.89. The Hall–Kier alpha value is -2.39. The Kier molecular flexibility index (Phi) is 6.51. The molecule has 152 valence electrons. The fourth-order valence-corrected chi connectivity index (χ4v) is 3.75. The number of hydrogen-bond donors (Lipinski definition) is 2. The van der Waals surface area contributed by atoms with E-state index in [1.54, 1.807) is 13.8 Å². The molecular weight excluding hydrogens is 393 g/mol. The molecule has 2 aromatic carbocycles. The van der Waals surface area contributed by atoms with Crippen LogP contribution in [0.25, 0.3) is 0 Å². The van der Waals surface area contributed by atoms with Gasteiger partial charge in [-0.25, -0.2) is 13.1 Å². The van der Waals surface area contributed by atoms with Crippen molar-refractivity contribution in [2.24, 2.45) is 0 Å². The summed E-state index contributed by atoms with van der Waals surface area (Å²) in [5, 5.41) is 2.39. The number of carbonyl (C=O) groups is 1. The molecule has 9 heteroatoms. The van der Waals surface area contributed by atoms with E-state index in [1.807, 2.05) is 6.92 Å². The smallest absolute Gasteiger partial charge is 0.322 e. The van der Waals surface area contributed by atoms with E-state index in [0.29, 0.717) is 12.0 Å². The summed E-state index contributed by atoms with van der Waals surface area (Å²) in [6.45, 7) is 5.16. The van der Waals surface area contributed by atoms with Gasteiger partial charge in [0.05, 0.1) is 10.5 Å². The maximum atomic E-state index is 12.8. The molecule has 1 atom stereocenters. The third kappa shape index (κ3) is 5.32. The van der Waals surface area contributed by atoms with E-state index in [4.69, 9.17) is 0 Å². The monoisotopic (exact) mass is 414 g/mol. The molecule has 0 unspecified atom stereocenters. The van der Waals surface area contributed by atoms with E-state index in [0.717, 1.165) is 12.1 Å². The summed E-state index contributed by atoms with van der Waals surface area (Å²) in [6, 6.07) is 8.01. The normalized spacial score (nSPS) is 13.2. The molecule has 5 nitrogen and oxygen atoms in total. The molecule has 1 amide bonds. The van der Waals surface area contributed by atoms with Gasteiger partial charge in [0.2, 0.25) is 10.0 Å². The SMILES string of the molecule is CC[C@H](C)NS(=O)(=O)c1ccc(C)c(C(=O)Nc2cccc(C(F)(F)F)c2)c1. The van der Waals surface area contributed by atoms with Crippen LogP contribution in [0.2, 0.25) is 0 Å². The van der Waals surface area contributed by atoms with E-state index < -0.39 is 27.7 Å². The number of rotatable bonds is 6. The van der Waals surface area contributed by atoms with Crippen LogP contribution in [0, 0.1) is 6.92 Å². The first-order valence-corrected chi connectivity index (χ1v) is 10.0. The van der Waals surface area contributed by atoms with E-state index in [1.165, 1.54) is 30.3 Å². The lowest BCUT2D eigenvalue weighted by atomic mass is 10.1. The number of sulfonamides is 1. The zero-order chi connectivity index (χ0) is 21.1. The first-order chi connectivity index (χ1) is 12.9. The molecule has 0 spiro atoms. The van der Waals surface area contributed by atoms with E-state index >= 15 is 0 Å². The highest BCUT2D eigenvalue weighted by Gasteiger charge is 2.30. The van der Waals surface area contributed by atoms with Gasteiger partial charge in [-0.3, -0.25) is 4.79 Å². The van der Waals surface area contributed by atoms with Gasteiger partial charge >= 0.3 is 6.18 Å². The van der Waals surface area contributed by atoms with Crippen LogP contribution in [0.15, 0.2) is 47.4 Å². The molecule has 2 N–H and O–H groups in total. The van der Waals surface area contributed by atoms with Crippen LogP contribution >= 0.6 is 0 Å². The second-order valence-electron chi connectivity index (χ2n) is 6.44. The largest absolute Gasteiger partial charge is 0.416 e. The fourth-order valence-electron chi connectivity index (χ4n) is 2.40. The average Bonchev–Trinajstić information content (AvgIpc) is 2.60. The van der Waals surface area contributed by atoms with Crippen molar-refractivity contribution in [1.82, 2.24) is 4.72 Å². The number of nitrogens with one attached hydrogen (secondary N) is 2. The number of amides is 1. The molecule has 0 bridgehead atoms. The van der Waals surface area contributed by atoms with Crippen molar-refractivity contribution >= 4 is 21.6 Å². The molecule has 2 aromatic rings. The topological polar surface area (TPSA) is 75.3 Å². The Morgan fingerprint density at radius 1 is 1.14 bits per heavy atom. The minimum absolute atomic E-state index is 0.0368. The molecule has 0 saturated carbocycles. The zero-order valence-electron chi connectivity index (χ0n) is 15.6. The van der Waals surface area contributed by atoms with Crippen molar-refractivity contribution in [3.05, 3.63) is 59.2 Å². The third-order valence-electron chi connectivity index (χ3n) is 4.18. The molecule has 0 aliphatic rings. The number of alkyl halides is 3. The van der Waals surface area contributed by atoms with Gasteiger partial charge < -0.3 is 5.32 Å². The summed E-state index contributed by atoms with van der Waals surface area (Å²) in [4.78, 5) is 12.5. The van der Waals surface area contributed by atoms with Gasteiger partial charge in [0.25, 0.3) is 5.91 Å². The highest BCUT2D eigenvalue weighted by Crippen LogP contribution is 2.30. The molecule has 0 saturated heterocycles. The van der Waals surface area contributed by atoms with Crippen molar-refractivity contribution in [1.29, 1.82) is 0 Å². The second kappa shape index (κ2) is 8.32. The van der Waals surface area contributed by atoms with Crippen molar-refractivity contribution in [3.8, 4) is 0 Å². The van der Waals surface area contributed by atoms with E-state index in [-0.39, 0.29) is 22.2 Å². The predicted molar refractivity (Wildman–Crippen MR) is 101 cm³/mol. The van der Waals surface area contributed by atoms with Crippen LogP contribution in [0.5, 0.6) is 0 Å². The molecular formula is C19H21F3N2O3S. The van der Waals surface area contributed by atoms with E-state index in [9.17, 15) is 26.4 Å². The lowest BCUT2D eigenvalue weighted by Gasteiger charge is -2.14.